The van der Waals surface area contributed by atoms with Gasteiger partial charge in [-0.2, -0.15) is 5.26 Å². The highest BCUT2D eigenvalue weighted by molar-refractivity contribution is 6.15. The van der Waals surface area contributed by atoms with Crippen molar-refractivity contribution in [1.29, 1.82) is 5.26 Å². The lowest BCUT2D eigenvalue weighted by Gasteiger charge is -2.33. The molecule has 8 heteroatoms. The summed E-state index contributed by atoms with van der Waals surface area (Å²) >= 11 is 0. The third kappa shape index (κ3) is 8.97. The van der Waals surface area contributed by atoms with Crippen molar-refractivity contribution in [1.82, 2.24) is 20.9 Å². The van der Waals surface area contributed by atoms with Crippen LogP contribution in [0.15, 0.2) is 151 Å². The van der Waals surface area contributed by atoms with E-state index in [1.54, 1.807) is 93.1 Å². The first kappa shape index (κ1) is 35.8. The molecule has 8 nitrogen and oxygen atoms in total. The maximum Gasteiger partial charge on any atom is 0.255 e. The molecular formula is C43H41N5O3. The number of benzene rings is 5. The van der Waals surface area contributed by atoms with Gasteiger partial charge in [0.1, 0.15) is 6.04 Å². The lowest BCUT2D eigenvalue weighted by Crippen LogP contribution is -2.45. The molecule has 0 spiro atoms. The van der Waals surface area contributed by atoms with E-state index in [4.69, 9.17) is 0 Å². The Balaban J connectivity index is 1.59. The molecule has 5 rings (SSSR count). The van der Waals surface area contributed by atoms with Gasteiger partial charge in [0.05, 0.1) is 17.2 Å². The first-order valence-corrected chi connectivity index (χ1v) is 16.9. The number of nitrogens with zero attached hydrogens (tertiary/aromatic N) is 2. The molecule has 3 N–H and O–H groups in total. The van der Waals surface area contributed by atoms with Crippen molar-refractivity contribution >= 4 is 17.6 Å². The maximum atomic E-state index is 14.9. The molecule has 0 aliphatic carbocycles. The van der Waals surface area contributed by atoms with Gasteiger partial charge < -0.3 is 20.9 Å². The Hall–Kier alpha value is -6.46. The van der Waals surface area contributed by atoms with E-state index in [0.29, 0.717) is 23.1 Å². The van der Waals surface area contributed by atoms with Crippen LogP contribution in [-0.2, 0) is 4.79 Å². The molecule has 0 saturated carbocycles. The molecule has 0 radical (unpaired) electrons. The summed E-state index contributed by atoms with van der Waals surface area (Å²) < 4.78 is 0. The SMILES string of the molecule is CN/C=C(/CCN(C(=O)c1ccccc1C(=O)c1ccccc1)C(C(=O)NCC(c1ccccc1)c1ccccc1)c1cccc(C#N)c1)NC. The van der Waals surface area contributed by atoms with Crippen LogP contribution in [0.2, 0.25) is 0 Å². The van der Waals surface area contributed by atoms with Gasteiger partial charge in [-0.25, -0.2) is 0 Å². The Bertz CT molecular complexity index is 1970. The van der Waals surface area contributed by atoms with Gasteiger partial charge in [-0.05, 0) is 34.9 Å². The number of ketones is 1. The van der Waals surface area contributed by atoms with Crippen LogP contribution in [0, 0.1) is 11.3 Å². The van der Waals surface area contributed by atoms with Crippen LogP contribution in [0.5, 0.6) is 0 Å². The predicted molar refractivity (Wildman–Crippen MR) is 200 cm³/mol. The van der Waals surface area contributed by atoms with Crippen molar-refractivity contribution in [2.24, 2.45) is 0 Å². The van der Waals surface area contributed by atoms with Gasteiger partial charge in [-0.1, -0.05) is 121 Å². The second kappa shape index (κ2) is 17.8. The van der Waals surface area contributed by atoms with E-state index in [1.807, 2.05) is 66.7 Å². The molecular weight excluding hydrogens is 635 g/mol. The van der Waals surface area contributed by atoms with E-state index in [0.717, 1.165) is 16.8 Å². The Morgan fingerprint density at radius 3 is 1.88 bits per heavy atom. The zero-order valence-electron chi connectivity index (χ0n) is 28.8. The minimum atomic E-state index is -1.13. The second-order valence-corrected chi connectivity index (χ2v) is 12.0. The average molecular weight is 676 g/mol. The van der Waals surface area contributed by atoms with Crippen molar-refractivity contribution < 1.29 is 14.4 Å². The Morgan fingerprint density at radius 2 is 1.29 bits per heavy atom. The van der Waals surface area contributed by atoms with E-state index >= 15 is 0 Å². The van der Waals surface area contributed by atoms with Gasteiger partial charge in [0.25, 0.3) is 5.91 Å². The molecule has 0 aliphatic rings. The van der Waals surface area contributed by atoms with Crippen LogP contribution in [0.3, 0.4) is 0 Å². The fourth-order valence-corrected chi connectivity index (χ4v) is 6.15. The highest BCUT2D eigenvalue weighted by Crippen LogP contribution is 2.29. The number of rotatable bonds is 15. The summed E-state index contributed by atoms with van der Waals surface area (Å²) in [5.74, 6) is -1.36. The number of nitriles is 1. The molecule has 0 bridgehead atoms. The first-order chi connectivity index (χ1) is 24.9. The van der Waals surface area contributed by atoms with Crippen molar-refractivity contribution in [3.8, 4) is 6.07 Å². The number of amides is 2. The molecule has 0 saturated heterocycles. The largest absolute Gasteiger partial charge is 0.393 e. The summed E-state index contributed by atoms with van der Waals surface area (Å²) in [5.41, 5.74) is 4.56. The second-order valence-electron chi connectivity index (χ2n) is 12.0. The molecule has 51 heavy (non-hydrogen) atoms. The lowest BCUT2D eigenvalue weighted by molar-refractivity contribution is -0.126. The van der Waals surface area contributed by atoms with Crippen molar-refractivity contribution in [3.63, 3.8) is 0 Å². The molecule has 1 atom stereocenters. The van der Waals surface area contributed by atoms with Crippen molar-refractivity contribution in [2.75, 3.05) is 27.2 Å². The van der Waals surface area contributed by atoms with Gasteiger partial charge >= 0.3 is 0 Å². The van der Waals surface area contributed by atoms with Crippen LogP contribution in [-0.4, -0.2) is 49.7 Å². The van der Waals surface area contributed by atoms with E-state index in [-0.39, 0.29) is 35.9 Å². The Morgan fingerprint density at radius 1 is 0.725 bits per heavy atom. The van der Waals surface area contributed by atoms with Crippen LogP contribution < -0.4 is 16.0 Å². The minimum Gasteiger partial charge on any atom is -0.393 e. The normalized spacial score (nSPS) is 11.6. The number of hydrogen-bond acceptors (Lipinski definition) is 6. The van der Waals surface area contributed by atoms with Crippen LogP contribution in [0.25, 0.3) is 0 Å². The van der Waals surface area contributed by atoms with Crippen molar-refractivity contribution in [3.05, 3.63) is 190 Å². The zero-order valence-corrected chi connectivity index (χ0v) is 28.8. The molecule has 0 aliphatic heterocycles. The van der Waals surface area contributed by atoms with E-state index in [1.165, 1.54) is 4.90 Å². The van der Waals surface area contributed by atoms with E-state index in [2.05, 4.69) is 22.0 Å². The third-order valence-corrected chi connectivity index (χ3v) is 8.74. The summed E-state index contributed by atoms with van der Waals surface area (Å²) in [6, 6.07) is 43.2. The standard InChI is InChI=1S/C43H41N5O3/c1-45-29-36(46-2)25-26-48(43(51)38-24-13-12-23-37(38)41(49)34-20-10-5-11-21-34)40(35-22-14-15-31(27-35)28-44)42(50)47-30-39(32-16-6-3-7-17-32)33-18-8-4-9-19-33/h3-24,27,29,39-40,45-46H,25-26,30H2,1-2H3,(H,47,50)/b36-29-. The number of carbonyl (C=O) groups is 3. The fourth-order valence-electron chi connectivity index (χ4n) is 6.15. The van der Waals surface area contributed by atoms with Gasteiger partial charge in [-0.15, -0.1) is 0 Å². The molecule has 5 aromatic rings. The average Bonchev–Trinajstić information content (AvgIpc) is 3.19. The first-order valence-electron chi connectivity index (χ1n) is 16.9. The summed E-state index contributed by atoms with van der Waals surface area (Å²) in [6.07, 6.45) is 2.17. The molecule has 5 aromatic carbocycles. The topological polar surface area (TPSA) is 114 Å². The molecule has 256 valence electrons. The van der Waals surface area contributed by atoms with Crippen molar-refractivity contribution in [2.45, 2.75) is 18.4 Å². The minimum absolute atomic E-state index is 0.122. The Kier molecular flexibility index (Phi) is 12.5. The molecule has 0 fully saturated rings. The maximum absolute atomic E-state index is 14.9. The number of carbonyl (C=O) groups excluding carboxylic acids is 3. The Labute approximate surface area is 299 Å². The monoisotopic (exact) mass is 675 g/mol. The van der Waals surface area contributed by atoms with Gasteiger partial charge in [0, 0.05) is 62.5 Å². The molecule has 2 amide bonds. The van der Waals surface area contributed by atoms with E-state index in [9.17, 15) is 19.6 Å². The zero-order chi connectivity index (χ0) is 36.0. The summed E-state index contributed by atoms with van der Waals surface area (Å²) in [4.78, 5) is 44.8. The van der Waals surface area contributed by atoms with Gasteiger partial charge in [-0.3, -0.25) is 14.4 Å². The van der Waals surface area contributed by atoms with E-state index < -0.39 is 17.9 Å². The lowest BCUT2D eigenvalue weighted by atomic mass is 9.91. The third-order valence-electron chi connectivity index (χ3n) is 8.74. The quantitative estimate of drug-likeness (QED) is 0.108. The van der Waals surface area contributed by atoms with Crippen LogP contribution in [0.4, 0.5) is 0 Å². The summed E-state index contributed by atoms with van der Waals surface area (Å²) in [6.45, 7) is 0.380. The fraction of sp³-hybridized carbons (Fsp3) is 0.163. The van der Waals surface area contributed by atoms with Gasteiger partial charge in [0.15, 0.2) is 5.78 Å². The highest BCUT2D eigenvalue weighted by atomic mass is 16.2. The van der Waals surface area contributed by atoms with Crippen LogP contribution in [0.1, 0.15) is 66.9 Å². The summed E-state index contributed by atoms with van der Waals surface area (Å²) in [7, 11) is 3.57. The highest BCUT2D eigenvalue weighted by Gasteiger charge is 2.34. The molecule has 0 aromatic heterocycles. The molecule has 1 unspecified atom stereocenters. The van der Waals surface area contributed by atoms with Gasteiger partial charge in [0.2, 0.25) is 5.91 Å². The van der Waals surface area contributed by atoms with Crippen LogP contribution >= 0.6 is 0 Å². The smallest absolute Gasteiger partial charge is 0.255 e. The number of hydrogen-bond donors (Lipinski definition) is 3. The number of nitrogens with one attached hydrogen (secondary N) is 3. The summed E-state index contributed by atoms with van der Waals surface area (Å²) in [5, 5.41) is 19.2. The molecule has 0 heterocycles. The predicted octanol–water partition coefficient (Wildman–Crippen LogP) is 6.59.